The molecule has 3 aromatic rings. The van der Waals surface area contributed by atoms with Crippen molar-refractivity contribution in [2.75, 3.05) is 18.1 Å². The third-order valence-corrected chi connectivity index (χ3v) is 5.20. The Hall–Kier alpha value is -2.22. The van der Waals surface area contributed by atoms with Crippen LogP contribution < -0.4 is 11.2 Å². The third kappa shape index (κ3) is 5.38. The molecule has 0 saturated carbocycles. The number of hydrogen-bond donors (Lipinski definition) is 2. The molecule has 0 bridgehead atoms. The van der Waals surface area contributed by atoms with Crippen LogP contribution >= 0.6 is 35.0 Å². The van der Waals surface area contributed by atoms with Gasteiger partial charge in [-0.1, -0.05) is 47.1 Å². The molecule has 2 aromatic carbocycles. The number of aromatic nitrogens is 3. The first kappa shape index (κ1) is 19.5. The van der Waals surface area contributed by atoms with Crippen molar-refractivity contribution in [2.45, 2.75) is 11.6 Å². The number of carbonyl (C=O) groups is 1. The van der Waals surface area contributed by atoms with Crippen LogP contribution in [0, 0.1) is 0 Å². The second kappa shape index (κ2) is 9.12. The average Bonchev–Trinajstić information content (AvgIpc) is 3.03. The van der Waals surface area contributed by atoms with Gasteiger partial charge in [-0.15, -0.1) is 10.2 Å². The predicted molar refractivity (Wildman–Crippen MR) is 110 cm³/mol. The predicted octanol–water partition coefficient (Wildman–Crippen LogP) is 3.42. The molecule has 140 valence electrons. The zero-order valence-corrected chi connectivity index (χ0v) is 16.6. The number of nitrogens with zero attached hydrogens (tertiary/aromatic N) is 3. The van der Waals surface area contributed by atoms with Crippen LogP contribution in [-0.2, 0) is 11.2 Å². The minimum atomic E-state index is -0.0926. The summed E-state index contributed by atoms with van der Waals surface area (Å²) < 4.78 is 1.37. The van der Waals surface area contributed by atoms with Crippen molar-refractivity contribution in [3.8, 4) is 11.4 Å². The Bertz CT molecular complexity index is 913. The van der Waals surface area contributed by atoms with Crippen LogP contribution in [0.15, 0.2) is 53.7 Å². The average molecular weight is 422 g/mol. The SMILES string of the molecule is Nn1c(SCC(=O)NCCc2ccc(Cl)cc2)nnc1-c1ccc(Cl)cc1. The summed E-state index contributed by atoms with van der Waals surface area (Å²) >= 11 is 13.0. The monoisotopic (exact) mass is 421 g/mol. The number of nitrogens with one attached hydrogen (secondary N) is 1. The summed E-state index contributed by atoms with van der Waals surface area (Å²) in [6.07, 6.45) is 0.737. The van der Waals surface area contributed by atoms with Crippen LogP contribution in [0.25, 0.3) is 11.4 Å². The van der Waals surface area contributed by atoms with Crippen LogP contribution in [-0.4, -0.2) is 33.1 Å². The number of hydrogen-bond acceptors (Lipinski definition) is 5. The highest BCUT2D eigenvalue weighted by Gasteiger charge is 2.13. The molecule has 0 aliphatic carbocycles. The van der Waals surface area contributed by atoms with Gasteiger partial charge in [-0.3, -0.25) is 4.79 Å². The number of halogens is 2. The Kier molecular flexibility index (Phi) is 6.60. The zero-order chi connectivity index (χ0) is 19.2. The van der Waals surface area contributed by atoms with Crippen LogP contribution in [0.5, 0.6) is 0 Å². The first-order valence-electron chi connectivity index (χ1n) is 8.13. The largest absolute Gasteiger partial charge is 0.355 e. The lowest BCUT2D eigenvalue weighted by molar-refractivity contribution is -0.118. The van der Waals surface area contributed by atoms with Gasteiger partial charge in [0.05, 0.1) is 5.75 Å². The molecule has 1 heterocycles. The van der Waals surface area contributed by atoms with Gasteiger partial charge in [0.2, 0.25) is 11.1 Å². The van der Waals surface area contributed by atoms with Gasteiger partial charge in [-0.05, 0) is 48.4 Å². The minimum absolute atomic E-state index is 0.0926. The molecule has 3 rings (SSSR count). The van der Waals surface area contributed by atoms with Gasteiger partial charge in [0.25, 0.3) is 0 Å². The summed E-state index contributed by atoms with van der Waals surface area (Å²) in [6.45, 7) is 0.548. The molecule has 0 aliphatic heterocycles. The summed E-state index contributed by atoms with van der Waals surface area (Å²) in [4.78, 5) is 12.0. The molecular formula is C18H17Cl2N5OS. The Labute approximate surface area is 171 Å². The smallest absolute Gasteiger partial charge is 0.230 e. The molecule has 1 amide bonds. The zero-order valence-electron chi connectivity index (χ0n) is 14.2. The number of benzene rings is 2. The van der Waals surface area contributed by atoms with Crippen LogP contribution in [0.2, 0.25) is 10.0 Å². The number of amides is 1. The molecule has 0 unspecified atom stereocenters. The van der Waals surface area contributed by atoms with Crippen molar-refractivity contribution < 1.29 is 4.79 Å². The lowest BCUT2D eigenvalue weighted by Gasteiger charge is -2.06. The molecule has 9 heteroatoms. The van der Waals surface area contributed by atoms with E-state index in [0.717, 1.165) is 17.5 Å². The van der Waals surface area contributed by atoms with Gasteiger partial charge in [0, 0.05) is 22.2 Å². The molecule has 0 radical (unpaired) electrons. The van der Waals surface area contributed by atoms with Crippen molar-refractivity contribution >= 4 is 40.9 Å². The van der Waals surface area contributed by atoms with Gasteiger partial charge in [-0.2, -0.15) is 0 Å². The Balaban J connectivity index is 1.49. The minimum Gasteiger partial charge on any atom is -0.355 e. The van der Waals surface area contributed by atoms with Gasteiger partial charge >= 0.3 is 0 Å². The van der Waals surface area contributed by atoms with Gasteiger partial charge in [-0.25, -0.2) is 4.68 Å². The third-order valence-electron chi connectivity index (χ3n) is 3.75. The molecule has 0 fully saturated rings. The van der Waals surface area contributed by atoms with E-state index in [1.807, 2.05) is 36.4 Å². The van der Waals surface area contributed by atoms with E-state index < -0.39 is 0 Å². The number of thioether (sulfide) groups is 1. The maximum Gasteiger partial charge on any atom is 0.230 e. The maximum absolute atomic E-state index is 12.0. The molecular weight excluding hydrogens is 405 g/mol. The maximum atomic E-state index is 12.0. The van der Waals surface area contributed by atoms with E-state index in [-0.39, 0.29) is 11.7 Å². The summed E-state index contributed by atoms with van der Waals surface area (Å²) in [7, 11) is 0. The first-order chi connectivity index (χ1) is 13.0. The molecule has 3 N–H and O–H groups in total. The fourth-order valence-electron chi connectivity index (χ4n) is 2.35. The van der Waals surface area contributed by atoms with Crippen molar-refractivity contribution in [1.82, 2.24) is 20.2 Å². The fraction of sp³-hybridized carbons (Fsp3) is 0.167. The second-order valence-electron chi connectivity index (χ2n) is 5.70. The number of carbonyl (C=O) groups excluding carboxylic acids is 1. The van der Waals surface area contributed by atoms with E-state index in [2.05, 4.69) is 15.5 Å². The van der Waals surface area contributed by atoms with Crippen molar-refractivity contribution in [3.05, 3.63) is 64.1 Å². The Morgan fingerprint density at radius 1 is 1.04 bits per heavy atom. The topological polar surface area (TPSA) is 85.8 Å². The molecule has 0 saturated heterocycles. The lowest BCUT2D eigenvalue weighted by Crippen LogP contribution is -2.27. The second-order valence-corrected chi connectivity index (χ2v) is 7.51. The Morgan fingerprint density at radius 2 is 1.67 bits per heavy atom. The first-order valence-corrected chi connectivity index (χ1v) is 9.87. The molecule has 1 aromatic heterocycles. The summed E-state index contributed by atoms with van der Waals surface area (Å²) in [5.41, 5.74) is 1.91. The highest BCUT2D eigenvalue weighted by atomic mass is 35.5. The quantitative estimate of drug-likeness (QED) is 0.450. The Morgan fingerprint density at radius 3 is 2.33 bits per heavy atom. The van der Waals surface area contributed by atoms with E-state index in [1.165, 1.54) is 16.4 Å². The number of nitrogens with two attached hydrogens (primary N) is 1. The molecule has 0 spiro atoms. The van der Waals surface area contributed by atoms with Crippen LogP contribution in [0.1, 0.15) is 5.56 Å². The summed E-state index contributed by atoms with van der Waals surface area (Å²) in [5.74, 6) is 6.67. The molecule has 0 aliphatic rings. The molecule has 27 heavy (non-hydrogen) atoms. The van der Waals surface area contributed by atoms with E-state index in [0.29, 0.717) is 27.6 Å². The number of nitrogen functional groups attached to an aromatic ring is 1. The van der Waals surface area contributed by atoms with Crippen molar-refractivity contribution in [2.24, 2.45) is 0 Å². The molecule has 6 nitrogen and oxygen atoms in total. The highest BCUT2D eigenvalue weighted by molar-refractivity contribution is 7.99. The van der Waals surface area contributed by atoms with Crippen molar-refractivity contribution in [1.29, 1.82) is 0 Å². The molecule has 0 atom stereocenters. The summed E-state index contributed by atoms with van der Waals surface area (Å²) in [5, 5.41) is 12.8. The van der Waals surface area contributed by atoms with Crippen molar-refractivity contribution in [3.63, 3.8) is 0 Å². The van der Waals surface area contributed by atoms with E-state index >= 15 is 0 Å². The lowest BCUT2D eigenvalue weighted by atomic mass is 10.1. The van der Waals surface area contributed by atoms with E-state index in [9.17, 15) is 4.79 Å². The fourth-order valence-corrected chi connectivity index (χ4v) is 3.29. The summed E-state index contributed by atoms with van der Waals surface area (Å²) in [6, 6.07) is 14.7. The highest BCUT2D eigenvalue weighted by Crippen LogP contribution is 2.22. The normalized spacial score (nSPS) is 10.7. The number of rotatable bonds is 7. The van der Waals surface area contributed by atoms with E-state index in [4.69, 9.17) is 29.0 Å². The van der Waals surface area contributed by atoms with Crippen LogP contribution in [0.3, 0.4) is 0 Å². The van der Waals surface area contributed by atoms with Gasteiger partial charge < -0.3 is 11.2 Å². The van der Waals surface area contributed by atoms with Gasteiger partial charge in [0.1, 0.15) is 0 Å². The van der Waals surface area contributed by atoms with E-state index in [1.54, 1.807) is 12.1 Å². The van der Waals surface area contributed by atoms with Gasteiger partial charge in [0.15, 0.2) is 5.82 Å². The standard InChI is InChI=1S/C18H17Cl2N5OS/c19-14-5-1-12(2-6-14)9-10-22-16(26)11-27-18-24-23-17(25(18)21)13-3-7-15(20)8-4-13/h1-8H,9-11,21H2,(H,22,26). The van der Waals surface area contributed by atoms with Crippen LogP contribution in [0.4, 0.5) is 0 Å².